The second kappa shape index (κ2) is 10.3. The number of ether oxygens (including phenoxy) is 2. The van der Waals surface area contributed by atoms with E-state index in [0.29, 0.717) is 24.3 Å². The number of nitrogens with zero attached hydrogens (tertiary/aromatic N) is 2. The number of fused-ring (bicyclic) bond motifs is 1. The van der Waals surface area contributed by atoms with E-state index in [2.05, 4.69) is 4.72 Å². The van der Waals surface area contributed by atoms with Gasteiger partial charge in [0, 0.05) is 45.1 Å². The van der Waals surface area contributed by atoms with Gasteiger partial charge in [0.15, 0.2) is 0 Å². The molecule has 1 aromatic carbocycles. The summed E-state index contributed by atoms with van der Waals surface area (Å²) in [5, 5.41) is 0. The van der Waals surface area contributed by atoms with E-state index >= 15 is 0 Å². The van der Waals surface area contributed by atoms with Crippen LogP contribution in [0.2, 0.25) is 0 Å². The summed E-state index contributed by atoms with van der Waals surface area (Å²) in [6.07, 6.45) is 3.70. The van der Waals surface area contributed by atoms with Gasteiger partial charge >= 0.3 is 0 Å². The number of hydrogen-bond acceptors (Lipinski definition) is 6. The zero-order valence-electron chi connectivity index (χ0n) is 20.0. The second-order valence-corrected chi connectivity index (χ2v) is 11.0. The van der Waals surface area contributed by atoms with Crippen molar-refractivity contribution in [3.63, 3.8) is 0 Å². The van der Waals surface area contributed by atoms with Crippen molar-refractivity contribution in [2.75, 3.05) is 44.8 Å². The van der Waals surface area contributed by atoms with Crippen LogP contribution in [0.3, 0.4) is 0 Å². The molecule has 0 saturated heterocycles. The highest BCUT2D eigenvalue weighted by atomic mass is 32.2. The Labute approximate surface area is 196 Å². The van der Waals surface area contributed by atoms with Gasteiger partial charge in [-0.25, -0.2) is 8.42 Å². The molecule has 1 heterocycles. The number of amides is 2. The van der Waals surface area contributed by atoms with Crippen LogP contribution >= 0.6 is 0 Å². The maximum Gasteiger partial charge on any atom is 0.257 e. The lowest BCUT2D eigenvalue weighted by atomic mass is 9.83. The van der Waals surface area contributed by atoms with E-state index in [1.165, 1.54) is 12.1 Å². The Hall–Kier alpha value is -2.33. The number of likely N-dealkylation sites (N-methyl/N-ethyl adjacent to an activating group) is 1. The third kappa shape index (κ3) is 6.17. The SMILES string of the molecule is CO[C@@H]1CN(C)C(=O)c2ccc(NS(C)(=O)=O)cc2OC[C@H](C)N(C(=O)C2CCC2)C[C@H]1C. The maximum atomic E-state index is 13.2. The Kier molecular flexibility index (Phi) is 7.89. The highest BCUT2D eigenvalue weighted by Crippen LogP contribution is 2.31. The van der Waals surface area contributed by atoms with Crippen molar-refractivity contribution in [1.29, 1.82) is 0 Å². The van der Waals surface area contributed by atoms with E-state index in [9.17, 15) is 18.0 Å². The molecule has 9 nitrogen and oxygen atoms in total. The first-order chi connectivity index (χ1) is 15.5. The molecule has 33 heavy (non-hydrogen) atoms. The first kappa shape index (κ1) is 25.3. The molecule has 0 unspecified atom stereocenters. The summed E-state index contributed by atoms with van der Waals surface area (Å²) in [4.78, 5) is 29.9. The van der Waals surface area contributed by atoms with Gasteiger partial charge in [0.1, 0.15) is 12.4 Å². The van der Waals surface area contributed by atoms with Gasteiger partial charge in [-0.3, -0.25) is 14.3 Å². The monoisotopic (exact) mass is 481 g/mol. The first-order valence-corrected chi connectivity index (χ1v) is 13.2. The van der Waals surface area contributed by atoms with Gasteiger partial charge in [-0.1, -0.05) is 13.3 Å². The Morgan fingerprint density at radius 1 is 1.21 bits per heavy atom. The fourth-order valence-electron chi connectivity index (χ4n) is 4.25. The molecule has 0 bridgehead atoms. The van der Waals surface area contributed by atoms with Gasteiger partial charge in [0.2, 0.25) is 15.9 Å². The molecule has 1 aliphatic carbocycles. The highest BCUT2D eigenvalue weighted by molar-refractivity contribution is 7.92. The largest absolute Gasteiger partial charge is 0.491 e. The standard InChI is InChI=1S/C23H35N3O6S/c1-15-12-26(22(27)17-7-6-8-17)16(2)14-32-20-11-18(24-33(5,29)30)9-10-19(20)23(28)25(3)13-21(15)31-4/h9-11,15-17,21,24H,6-8,12-14H2,1-5H3/t15-,16+,21-/m1/s1. The van der Waals surface area contributed by atoms with Crippen molar-refractivity contribution in [2.24, 2.45) is 11.8 Å². The van der Waals surface area contributed by atoms with E-state index in [4.69, 9.17) is 9.47 Å². The lowest BCUT2D eigenvalue weighted by Gasteiger charge is -2.39. The number of carbonyl (C=O) groups excluding carboxylic acids is 2. The van der Waals surface area contributed by atoms with Crippen molar-refractivity contribution >= 4 is 27.5 Å². The topological polar surface area (TPSA) is 105 Å². The lowest BCUT2D eigenvalue weighted by Crippen LogP contribution is -2.51. The Bertz CT molecular complexity index is 978. The van der Waals surface area contributed by atoms with Crippen LogP contribution in [0.4, 0.5) is 5.69 Å². The predicted octanol–water partition coefficient (Wildman–Crippen LogP) is 2.19. The molecule has 1 saturated carbocycles. The number of carbonyl (C=O) groups is 2. The van der Waals surface area contributed by atoms with Crippen molar-refractivity contribution < 1.29 is 27.5 Å². The number of hydrogen-bond donors (Lipinski definition) is 1. The van der Waals surface area contributed by atoms with E-state index in [1.54, 1.807) is 25.1 Å². The van der Waals surface area contributed by atoms with Crippen LogP contribution in [0.5, 0.6) is 5.75 Å². The Morgan fingerprint density at radius 3 is 2.48 bits per heavy atom. The molecule has 3 rings (SSSR count). The van der Waals surface area contributed by atoms with E-state index in [-0.39, 0.29) is 48.2 Å². The summed E-state index contributed by atoms with van der Waals surface area (Å²) in [6.45, 7) is 4.99. The summed E-state index contributed by atoms with van der Waals surface area (Å²) in [5.41, 5.74) is 0.626. The second-order valence-electron chi connectivity index (χ2n) is 9.30. The average molecular weight is 482 g/mol. The van der Waals surface area contributed by atoms with Gasteiger partial charge in [-0.2, -0.15) is 0 Å². The molecule has 3 atom stereocenters. The fourth-order valence-corrected chi connectivity index (χ4v) is 4.80. The quantitative estimate of drug-likeness (QED) is 0.707. The Morgan fingerprint density at radius 2 is 1.91 bits per heavy atom. The van der Waals surface area contributed by atoms with E-state index in [1.807, 2.05) is 18.7 Å². The molecule has 2 aliphatic rings. The zero-order valence-corrected chi connectivity index (χ0v) is 20.9. The summed E-state index contributed by atoms with van der Waals surface area (Å²) in [5.74, 6) is 0.215. The number of methoxy groups -OCH3 is 1. The number of rotatable bonds is 4. The molecule has 2 amide bonds. The molecule has 0 aromatic heterocycles. The molecule has 1 aliphatic heterocycles. The van der Waals surface area contributed by atoms with Gasteiger partial charge in [0.05, 0.1) is 29.7 Å². The molecular weight excluding hydrogens is 446 g/mol. The van der Waals surface area contributed by atoms with Crippen LogP contribution in [0.15, 0.2) is 18.2 Å². The summed E-state index contributed by atoms with van der Waals surface area (Å²) >= 11 is 0. The van der Waals surface area contributed by atoms with Gasteiger partial charge in [-0.05, 0) is 31.9 Å². The van der Waals surface area contributed by atoms with E-state index in [0.717, 1.165) is 25.5 Å². The summed E-state index contributed by atoms with van der Waals surface area (Å²) in [6, 6.07) is 4.37. The number of sulfonamides is 1. The number of benzene rings is 1. The number of anilines is 1. The van der Waals surface area contributed by atoms with Crippen LogP contribution < -0.4 is 9.46 Å². The minimum Gasteiger partial charge on any atom is -0.491 e. The zero-order chi connectivity index (χ0) is 24.3. The highest BCUT2D eigenvalue weighted by Gasteiger charge is 2.35. The lowest BCUT2D eigenvalue weighted by molar-refractivity contribution is -0.142. The van der Waals surface area contributed by atoms with Gasteiger partial charge in [-0.15, -0.1) is 0 Å². The minimum atomic E-state index is -3.49. The van der Waals surface area contributed by atoms with Crippen molar-refractivity contribution in [3.8, 4) is 5.75 Å². The van der Waals surface area contributed by atoms with Gasteiger partial charge in [0.25, 0.3) is 5.91 Å². The Balaban J connectivity index is 1.97. The maximum absolute atomic E-state index is 13.2. The predicted molar refractivity (Wildman–Crippen MR) is 126 cm³/mol. The third-order valence-corrected chi connectivity index (χ3v) is 7.09. The molecule has 1 N–H and O–H groups in total. The number of nitrogens with one attached hydrogen (secondary N) is 1. The first-order valence-electron chi connectivity index (χ1n) is 11.3. The smallest absolute Gasteiger partial charge is 0.257 e. The molecule has 0 radical (unpaired) electrons. The van der Waals surface area contributed by atoms with Crippen LogP contribution in [-0.4, -0.2) is 82.3 Å². The minimum absolute atomic E-state index is 0.0111. The molecule has 10 heteroatoms. The molecule has 1 fully saturated rings. The van der Waals surface area contributed by atoms with E-state index < -0.39 is 10.0 Å². The van der Waals surface area contributed by atoms with Crippen molar-refractivity contribution in [2.45, 2.75) is 45.3 Å². The third-order valence-electron chi connectivity index (χ3n) is 6.49. The van der Waals surface area contributed by atoms with Gasteiger partial charge < -0.3 is 19.3 Å². The van der Waals surface area contributed by atoms with Crippen molar-refractivity contribution in [1.82, 2.24) is 9.80 Å². The molecule has 184 valence electrons. The van der Waals surface area contributed by atoms with Crippen LogP contribution in [-0.2, 0) is 19.6 Å². The molecule has 1 aromatic rings. The normalized spacial score (nSPS) is 25.2. The molecule has 0 spiro atoms. The van der Waals surface area contributed by atoms with Crippen LogP contribution in [0.25, 0.3) is 0 Å². The fraction of sp³-hybridized carbons (Fsp3) is 0.652. The molecular formula is C23H35N3O6S. The average Bonchev–Trinajstić information content (AvgIpc) is 2.70. The summed E-state index contributed by atoms with van der Waals surface area (Å²) < 4.78 is 37.5. The summed E-state index contributed by atoms with van der Waals surface area (Å²) in [7, 11) is -0.180. The van der Waals surface area contributed by atoms with Crippen LogP contribution in [0, 0.1) is 11.8 Å². The van der Waals surface area contributed by atoms with Crippen LogP contribution in [0.1, 0.15) is 43.5 Å². The van der Waals surface area contributed by atoms with Crippen molar-refractivity contribution in [3.05, 3.63) is 23.8 Å².